The molecule has 0 unspecified atom stereocenters. The van der Waals surface area contributed by atoms with E-state index in [9.17, 15) is 0 Å². The van der Waals surface area contributed by atoms with Crippen molar-refractivity contribution in [2.75, 3.05) is 52.4 Å². The number of rotatable bonds is 10. The molecule has 1 saturated heterocycles. The molecule has 0 aromatic carbocycles. The summed E-state index contributed by atoms with van der Waals surface area (Å²) in [6.45, 7) is 57.3. The van der Waals surface area contributed by atoms with Gasteiger partial charge < -0.3 is 24.9 Å². The Bertz CT molecular complexity index is 2330. The van der Waals surface area contributed by atoms with Gasteiger partial charge in [0, 0.05) is 134 Å². The van der Waals surface area contributed by atoms with Crippen molar-refractivity contribution in [2.24, 2.45) is 27.7 Å². The monoisotopic (exact) mass is 1320 g/mol. The normalized spacial score (nSPS) is 12.9. The maximum atomic E-state index is 5.16. The molecule has 3 aliphatic heterocycles. The third kappa shape index (κ3) is 45.3. The lowest BCUT2D eigenvalue weighted by atomic mass is 10.2. The number of aromatic nitrogens is 16. The van der Waals surface area contributed by atoms with Crippen molar-refractivity contribution in [3.05, 3.63) is 124 Å². The number of nitrogens with one attached hydrogen (secondary N) is 3. The molecule has 0 atom stereocenters. The Kier molecular flexibility index (Phi) is 49.1. The number of nitrogens with zero attached hydrogens (tertiary/aromatic N) is 18. The van der Waals surface area contributed by atoms with E-state index in [2.05, 4.69) is 246 Å². The maximum Gasteiger partial charge on any atom is 0.213 e. The zero-order chi connectivity index (χ0) is 68.4. The summed E-state index contributed by atoms with van der Waals surface area (Å²) in [5.74, 6) is 7.45. The molecule has 0 bridgehead atoms. The number of H-pyrrole nitrogens is 1. The van der Waals surface area contributed by atoms with Crippen molar-refractivity contribution >= 4 is 45.7 Å². The van der Waals surface area contributed by atoms with Gasteiger partial charge in [0.15, 0.2) is 11.7 Å². The first-order valence-corrected chi connectivity index (χ1v) is 34.5. The van der Waals surface area contributed by atoms with Crippen molar-refractivity contribution < 1.29 is 9.26 Å². The summed E-state index contributed by atoms with van der Waals surface area (Å²) in [5.41, 5.74) is 4.83. The smallest absolute Gasteiger partial charge is 0.213 e. The molecule has 0 spiro atoms. The fourth-order valence-electron chi connectivity index (χ4n) is 6.41. The quantitative estimate of drug-likeness (QED) is 0.115. The molecule has 23 nitrogen and oxygen atoms in total. The molecular weight excluding hydrogens is 1200 g/mol. The predicted octanol–water partition coefficient (Wildman–Crippen LogP) is 14.8. The second kappa shape index (κ2) is 53.0. The van der Waals surface area contributed by atoms with Crippen LogP contribution in [0.15, 0.2) is 112 Å². The summed E-state index contributed by atoms with van der Waals surface area (Å²) in [7, 11) is 0. The van der Waals surface area contributed by atoms with E-state index in [1.807, 2.05) is 49.5 Å². The van der Waals surface area contributed by atoms with Crippen LogP contribution in [0.3, 0.4) is 0 Å². The van der Waals surface area contributed by atoms with Gasteiger partial charge in [0.1, 0.15) is 36.1 Å². The van der Waals surface area contributed by atoms with Gasteiger partial charge in [-0.25, -0.2) is 24.9 Å². The number of aliphatic imine (C=N–C) groups is 2. The topological polar surface area (TPSA) is 268 Å². The molecule has 3 N–H and O–H groups in total. The minimum absolute atomic E-state index is 0.369. The van der Waals surface area contributed by atoms with E-state index in [4.69, 9.17) is 4.74 Å². The number of aromatic amines is 1. The van der Waals surface area contributed by atoms with Gasteiger partial charge in [-0.15, -0.1) is 49.3 Å². The molecule has 8 aromatic rings. The van der Waals surface area contributed by atoms with Crippen LogP contribution in [0.2, 0.25) is 0 Å². The van der Waals surface area contributed by atoms with Crippen LogP contribution in [-0.2, 0) is 4.74 Å². The van der Waals surface area contributed by atoms with Gasteiger partial charge in [-0.3, -0.25) is 29.2 Å². The molecule has 8 aromatic heterocycles. The zero-order valence-corrected chi connectivity index (χ0v) is 61.8. The van der Waals surface area contributed by atoms with Gasteiger partial charge in [-0.1, -0.05) is 128 Å². The maximum absolute atomic E-state index is 5.16. The second-order valence-corrected chi connectivity index (χ2v) is 26.9. The summed E-state index contributed by atoms with van der Waals surface area (Å²) >= 11 is 5.05. The predicted molar refractivity (Wildman–Crippen MR) is 379 cm³/mol. The first-order chi connectivity index (χ1) is 43.3. The highest BCUT2D eigenvalue weighted by atomic mass is 32.1. The molecule has 11 heterocycles. The summed E-state index contributed by atoms with van der Waals surface area (Å²) in [6, 6.07) is 3.36. The zero-order valence-electron chi connectivity index (χ0n) is 59.3. The third-order valence-corrected chi connectivity index (χ3v) is 14.7. The van der Waals surface area contributed by atoms with Crippen LogP contribution in [0.5, 0.6) is 0 Å². The number of hydrogen-bond acceptors (Lipinski definition) is 23. The minimum atomic E-state index is 0.369. The van der Waals surface area contributed by atoms with Crippen LogP contribution in [-0.4, -0.2) is 155 Å². The highest BCUT2D eigenvalue weighted by Crippen LogP contribution is 2.18. The van der Waals surface area contributed by atoms with Crippen molar-refractivity contribution in [1.29, 1.82) is 0 Å². The molecule has 0 saturated carbocycles. The van der Waals surface area contributed by atoms with Gasteiger partial charge in [-0.05, 0) is 65.4 Å². The molecule has 0 radical (unpaired) electrons. The Morgan fingerprint density at radius 2 is 1.22 bits per heavy atom. The van der Waals surface area contributed by atoms with E-state index < -0.39 is 0 Å². The second-order valence-electron chi connectivity index (χ2n) is 24.2. The Morgan fingerprint density at radius 1 is 0.549 bits per heavy atom. The van der Waals surface area contributed by atoms with Gasteiger partial charge in [0.05, 0.1) is 42.0 Å². The van der Waals surface area contributed by atoms with Crippen molar-refractivity contribution in [2.45, 2.75) is 207 Å². The summed E-state index contributed by atoms with van der Waals surface area (Å²) < 4.78 is 13.3. The highest BCUT2D eigenvalue weighted by Gasteiger charge is 2.12. The third-order valence-electron chi connectivity index (χ3n) is 11.5. The fourth-order valence-corrected chi connectivity index (χ4v) is 8.27. The largest absolute Gasteiger partial charge is 0.479 e. The van der Waals surface area contributed by atoms with E-state index in [1.54, 1.807) is 92.5 Å². The van der Waals surface area contributed by atoms with Crippen molar-refractivity contribution in [3.8, 4) is 0 Å². The van der Waals surface area contributed by atoms with E-state index >= 15 is 0 Å². The van der Waals surface area contributed by atoms with Crippen LogP contribution in [0.25, 0.3) is 0 Å². The average molecular weight is 1320 g/mol. The molecule has 11 rings (SSSR count). The molecule has 0 aliphatic carbocycles. The lowest BCUT2D eigenvalue weighted by Gasteiger charge is -2.30. The lowest BCUT2D eigenvalue weighted by Crippen LogP contribution is -2.46. The van der Waals surface area contributed by atoms with Crippen molar-refractivity contribution in [3.63, 3.8) is 0 Å². The lowest BCUT2D eigenvalue weighted by molar-refractivity contribution is 0.196. The number of thiazole rings is 2. The van der Waals surface area contributed by atoms with Crippen LogP contribution >= 0.6 is 34.0 Å². The average Bonchev–Trinajstić information content (AvgIpc) is 4.47. The van der Waals surface area contributed by atoms with E-state index in [1.165, 1.54) is 47.2 Å². The number of amidine groups is 1. The Morgan fingerprint density at radius 3 is 1.46 bits per heavy atom. The van der Waals surface area contributed by atoms with E-state index in [-0.39, 0.29) is 0 Å². The number of hydrogen-bond donors (Lipinski definition) is 3. The Labute approximate surface area is 558 Å². The van der Waals surface area contributed by atoms with Crippen LogP contribution in [0.1, 0.15) is 227 Å². The SMILES string of the molecule is CC(C)C.CC(C)C1=NCCN1.CC(C)C1=NCCO1.CC(C)N1CCNCC1.CC(C)c1cnc[nH]1.CC(C)c1cncs1.CC(C)c1nccs1.CC(C)c1ncon1.CC(C)c1nncs1.CC(C)n1ccnn1.CC(C)n1cncn1.c1cncnc1. The Balaban J connectivity index is 0.000000974. The first kappa shape index (κ1) is 84.4. The van der Waals surface area contributed by atoms with Gasteiger partial charge in [0.2, 0.25) is 6.39 Å². The van der Waals surface area contributed by atoms with Gasteiger partial charge >= 0.3 is 0 Å². The standard InChI is InChI=1S/C7H16N2.C6H10N2.C6H12N2.C6H11NO.2C6H9NS.2C5H9N3.C5H8N2O.C5H8N2S.C4H4N2.C4H10/c1-7(2)9-5-3-8-4-6-9;1-5(2)6-3-7-4-8-6;2*1-5(2)6-7-3-4-8-6;1-5(2)6-3-7-4-8-6;1-5(2)6-7-3-4-8-6;1-5(2)8-4-6-3-7-8;1-5(2)8-4-3-6-7-8;1-4(2)5-6-3-8-7-5;1-4(2)5-7-6-3-8-5;1-2-5-4-6-3-1;1-4(2)3/h7-8H,3-6H2,1-2H3;3-5H,1-2H3,(H,7,8);5H,3-4H2,1-2H3,(H,7,8);5H,3-4H2,1-2H3;4*3-5H,1-2H3;2*3-4H,1-2H3;1-4H;4H,1-3H3. The molecular formula is C65H115N21O2S3. The van der Waals surface area contributed by atoms with Crippen LogP contribution in [0, 0.1) is 17.8 Å². The summed E-state index contributed by atoms with van der Waals surface area (Å²) in [5, 5.41) is 33.5. The molecule has 0 amide bonds. The van der Waals surface area contributed by atoms with Crippen LogP contribution in [0.4, 0.5) is 0 Å². The molecule has 3 aliphatic rings. The minimum Gasteiger partial charge on any atom is -0.479 e. The first-order valence-electron chi connectivity index (χ1n) is 31.9. The Hall–Kier alpha value is -6.61. The fraction of sp³-hybridized carbons (Fsp3) is 0.646. The number of imidazole rings is 1. The molecule has 1 fully saturated rings. The van der Waals surface area contributed by atoms with E-state index in [0.29, 0.717) is 53.5 Å². The molecule has 510 valence electrons. The van der Waals surface area contributed by atoms with E-state index in [0.717, 1.165) is 68.0 Å². The summed E-state index contributed by atoms with van der Waals surface area (Å²) in [6.07, 6.45) is 20.3. The van der Waals surface area contributed by atoms with Gasteiger partial charge in [0.25, 0.3) is 0 Å². The molecule has 26 heteroatoms. The van der Waals surface area contributed by atoms with Crippen molar-refractivity contribution in [1.82, 2.24) is 95.5 Å². The number of ether oxygens (including phenoxy) is 1. The summed E-state index contributed by atoms with van der Waals surface area (Å²) in [4.78, 5) is 42.2. The number of piperazine rings is 1. The van der Waals surface area contributed by atoms with Gasteiger partial charge in [-0.2, -0.15) is 10.1 Å². The van der Waals surface area contributed by atoms with Crippen LogP contribution < -0.4 is 10.6 Å². The highest BCUT2D eigenvalue weighted by molar-refractivity contribution is 7.10. The molecule has 91 heavy (non-hydrogen) atoms.